The van der Waals surface area contributed by atoms with E-state index in [0.29, 0.717) is 0 Å². The van der Waals surface area contributed by atoms with Crippen molar-refractivity contribution in [2.24, 2.45) is 0 Å². The summed E-state index contributed by atoms with van der Waals surface area (Å²) in [4.78, 5) is 0. The van der Waals surface area contributed by atoms with Crippen molar-refractivity contribution >= 4 is 15.9 Å². The van der Waals surface area contributed by atoms with Gasteiger partial charge in [0.1, 0.15) is 0 Å². The molecule has 0 atom stereocenters. The first-order valence-corrected chi connectivity index (χ1v) is 5.30. The van der Waals surface area contributed by atoms with Gasteiger partial charge in [0.25, 0.3) is 0 Å². The minimum Gasteiger partial charge on any atom is -0.0610 e. The molecule has 0 aliphatic rings. The molecule has 0 amide bonds. The summed E-state index contributed by atoms with van der Waals surface area (Å²) in [5, 5.41) is 0. The van der Waals surface area contributed by atoms with Gasteiger partial charge in [-0.3, -0.25) is 0 Å². The molecule has 2 aromatic carbocycles. The van der Waals surface area contributed by atoms with Crippen molar-refractivity contribution in [1.29, 1.82) is 0 Å². The fraction of sp³-hybridized carbons (Fsp3) is 0.0769. The summed E-state index contributed by atoms with van der Waals surface area (Å²) in [6.45, 7) is 2.12. The van der Waals surface area contributed by atoms with E-state index in [1.807, 2.05) is 18.2 Å². The molecule has 0 saturated heterocycles. The monoisotopic (exact) mass is 245 g/mol. The van der Waals surface area contributed by atoms with Crippen LogP contribution in [0, 0.1) is 13.0 Å². The summed E-state index contributed by atoms with van der Waals surface area (Å²) in [7, 11) is 0. The normalized spacial score (nSPS) is 10.1. The number of hydrogen-bond acceptors (Lipinski definition) is 0. The Kier molecular flexibility index (Phi) is 2.69. The Morgan fingerprint density at radius 1 is 1.14 bits per heavy atom. The molecule has 0 heterocycles. The Morgan fingerprint density at radius 2 is 2.00 bits per heavy atom. The lowest BCUT2D eigenvalue weighted by Gasteiger charge is -2.07. The predicted molar refractivity (Wildman–Crippen MR) is 63.2 cm³/mol. The Labute approximate surface area is 92.7 Å². The maximum Gasteiger partial charge on any atom is 0.0256 e. The van der Waals surface area contributed by atoms with Crippen LogP contribution in [0.3, 0.4) is 0 Å². The van der Waals surface area contributed by atoms with E-state index >= 15 is 0 Å². The van der Waals surface area contributed by atoms with Crippen molar-refractivity contribution in [2.45, 2.75) is 6.92 Å². The first-order valence-electron chi connectivity index (χ1n) is 4.50. The predicted octanol–water partition coefficient (Wildman–Crippen LogP) is 4.22. The highest BCUT2D eigenvalue weighted by Gasteiger charge is 2.04. The van der Waals surface area contributed by atoms with Crippen LogP contribution in [-0.2, 0) is 0 Å². The lowest BCUT2D eigenvalue weighted by atomic mass is 10.0. The summed E-state index contributed by atoms with van der Waals surface area (Å²) in [6.07, 6.45) is 0. The standard InChI is InChI=1S/C13H10Br/c1-10-6-5-9-12(14)13(10)11-7-3-2-4-8-11/h2-3,5-9H,1H3. The highest BCUT2D eigenvalue weighted by molar-refractivity contribution is 9.10. The summed E-state index contributed by atoms with van der Waals surface area (Å²) in [5.74, 6) is 0. The zero-order valence-electron chi connectivity index (χ0n) is 7.92. The second-order valence-electron chi connectivity index (χ2n) is 3.22. The van der Waals surface area contributed by atoms with Crippen LogP contribution < -0.4 is 0 Å². The molecule has 69 valence electrons. The van der Waals surface area contributed by atoms with Crippen LogP contribution in [0.2, 0.25) is 0 Å². The molecule has 0 aliphatic heterocycles. The third-order valence-electron chi connectivity index (χ3n) is 2.22. The van der Waals surface area contributed by atoms with Crippen molar-refractivity contribution in [2.75, 3.05) is 0 Å². The molecular weight excluding hydrogens is 236 g/mol. The first-order chi connectivity index (χ1) is 6.79. The van der Waals surface area contributed by atoms with Crippen LogP contribution in [0.5, 0.6) is 0 Å². The van der Waals surface area contributed by atoms with Crippen LogP contribution in [0.15, 0.2) is 46.9 Å². The number of rotatable bonds is 1. The molecule has 14 heavy (non-hydrogen) atoms. The second kappa shape index (κ2) is 3.97. The van der Waals surface area contributed by atoms with E-state index in [4.69, 9.17) is 0 Å². The fourth-order valence-electron chi connectivity index (χ4n) is 1.55. The largest absolute Gasteiger partial charge is 0.0610 e. The van der Waals surface area contributed by atoms with Crippen molar-refractivity contribution in [3.05, 3.63) is 58.6 Å². The molecular formula is C13H10Br. The van der Waals surface area contributed by atoms with Gasteiger partial charge < -0.3 is 0 Å². The molecule has 0 saturated carbocycles. The van der Waals surface area contributed by atoms with Crippen LogP contribution in [0.4, 0.5) is 0 Å². The maximum atomic E-state index is 3.57. The van der Waals surface area contributed by atoms with Gasteiger partial charge in [-0.2, -0.15) is 0 Å². The van der Waals surface area contributed by atoms with E-state index in [1.54, 1.807) is 0 Å². The summed E-state index contributed by atoms with van der Waals surface area (Å²) in [6, 6.07) is 17.4. The van der Waals surface area contributed by atoms with E-state index in [2.05, 4.69) is 53.2 Å². The molecule has 0 spiro atoms. The molecule has 1 heteroatoms. The highest BCUT2D eigenvalue weighted by atomic mass is 79.9. The third kappa shape index (κ3) is 1.73. The van der Waals surface area contributed by atoms with E-state index in [-0.39, 0.29) is 0 Å². The quantitative estimate of drug-likeness (QED) is 0.706. The van der Waals surface area contributed by atoms with E-state index in [9.17, 15) is 0 Å². The van der Waals surface area contributed by atoms with Crippen molar-refractivity contribution in [1.82, 2.24) is 0 Å². The number of halogens is 1. The lowest BCUT2D eigenvalue weighted by Crippen LogP contribution is -1.83. The number of aryl methyl sites for hydroxylation is 1. The number of hydrogen-bond donors (Lipinski definition) is 0. The molecule has 0 aliphatic carbocycles. The summed E-state index contributed by atoms with van der Waals surface area (Å²) >= 11 is 3.57. The lowest BCUT2D eigenvalue weighted by molar-refractivity contribution is 1.44. The van der Waals surface area contributed by atoms with Gasteiger partial charge in [-0.1, -0.05) is 46.3 Å². The fourth-order valence-corrected chi connectivity index (χ4v) is 2.24. The van der Waals surface area contributed by atoms with Crippen molar-refractivity contribution < 1.29 is 0 Å². The van der Waals surface area contributed by atoms with Gasteiger partial charge in [-0.25, -0.2) is 0 Å². The average molecular weight is 246 g/mol. The molecule has 0 N–H and O–H groups in total. The van der Waals surface area contributed by atoms with Crippen molar-refractivity contribution in [3.63, 3.8) is 0 Å². The van der Waals surface area contributed by atoms with E-state index in [1.165, 1.54) is 16.7 Å². The Balaban J connectivity index is 2.63. The van der Waals surface area contributed by atoms with Crippen LogP contribution in [0.25, 0.3) is 11.1 Å². The second-order valence-corrected chi connectivity index (χ2v) is 4.08. The Morgan fingerprint density at radius 3 is 2.64 bits per heavy atom. The average Bonchev–Trinajstić information content (AvgIpc) is 2.19. The smallest absolute Gasteiger partial charge is 0.0256 e. The molecule has 0 fully saturated rings. The van der Waals surface area contributed by atoms with Gasteiger partial charge in [-0.05, 0) is 41.8 Å². The van der Waals surface area contributed by atoms with Crippen molar-refractivity contribution in [3.8, 4) is 11.1 Å². The molecule has 0 bridgehead atoms. The van der Waals surface area contributed by atoms with Crippen LogP contribution in [-0.4, -0.2) is 0 Å². The summed E-state index contributed by atoms with van der Waals surface area (Å²) in [5.41, 5.74) is 3.74. The van der Waals surface area contributed by atoms with Gasteiger partial charge in [-0.15, -0.1) is 0 Å². The molecule has 2 aromatic rings. The van der Waals surface area contributed by atoms with Gasteiger partial charge in [0.2, 0.25) is 0 Å². The van der Waals surface area contributed by atoms with Gasteiger partial charge in [0.05, 0.1) is 0 Å². The SMILES string of the molecule is Cc1cccc(Br)c1-c1c[c]ccc1. The Hall–Kier alpha value is -1.08. The maximum absolute atomic E-state index is 3.57. The highest BCUT2D eigenvalue weighted by Crippen LogP contribution is 2.30. The minimum absolute atomic E-state index is 1.14. The molecule has 2 rings (SSSR count). The number of benzene rings is 2. The minimum atomic E-state index is 1.14. The molecule has 1 radical (unpaired) electrons. The topological polar surface area (TPSA) is 0 Å². The van der Waals surface area contributed by atoms with E-state index in [0.717, 1.165) is 4.47 Å². The van der Waals surface area contributed by atoms with Gasteiger partial charge >= 0.3 is 0 Å². The van der Waals surface area contributed by atoms with E-state index < -0.39 is 0 Å². The molecule has 0 nitrogen and oxygen atoms in total. The zero-order valence-corrected chi connectivity index (χ0v) is 9.51. The third-order valence-corrected chi connectivity index (χ3v) is 2.88. The Bertz CT molecular complexity index is 412. The molecule has 0 unspecified atom stereocenters. The van der Waals surface area contributed by atoms with Crippen LogP contribution in [0.1, 0.15) is 5.56 Å². The van der Waals surface area contributed by atoms with Gasteiger partial charge in [0, 0.05) is 4.47 Å². The van der Waals surface area contributed by atoms with Crippen LogP contribution >= 0.6 is 15.9 Å². The van der Waals surface area contributed by atoms with Gasteiger partial charge in [0.15, 0.2) is 0 Å². The summed E-state index contributed by atoms with van der Waals surface area (Å²) < 4.78 is 1.14. The first kappa shape index (κ1) is 9.47. The zero-order chi connectivity index (χ0) is 9.97. The molecule has 0 aromatic heterocycles.